The number of nitrogens with one attached hydrogen (secondary N) is 2. The van der Waals surface area contributed by atoms with Gasteiger partial charge in [-0.05, 0) is 79.4 Å². The van der Waals surface area contributed by atoms with E-state index in [0.717, 1.165) is 0 Å². The Hall–Kier alpha value is 0.190. The van der Waals surface area contributed by atoms with Crippen molar-refractivity contribution < 1.29 is 29.7 Å². The molecule has 0 aliphatic carbocycles. The number of benzene rings is 1. The fourth-order valence-electron chi connectivity index (χ4n) is 1.69. The van der Waals surface area contributed by atoms with E-state index in [-0.39, 0.29) is 26.9 Å². The summed E-state index contributed by atoms with van der Waals surface area (Å²) in [6.45, 7) is -1.49. The van der Waals surface area contributed by atoms with Gasteiger partial charge in [0.05, 0.1) is 36.7 Å². The molecule has 0 heterocycles. The molecule has 1 unspecified atom stereocenters. The molecular formula is C13H12ClI3N2O6. The SMILES string of the molecule is O=C(CO)Nc1c(I)c(C(=O)Cl)c(I)c(C(=O)NCC(O)CO)c1I. The van der Waals surface area contributed by atoms with Gasteiger partial charge in [0.25, 0.3) is 11.1 Å². The average Bonchev–Trinajstić information content (AvgIpc) is 2.55. The minimum atomic E-state index is -1.13. The highest BCUT2D eigenvalue weighted by Crippen LogP contribution is 2.36. The Morgan fingerprint density at radius 1 is 1.04 bits per heavy atom. The summed E-state index contributed by atoms with van der Waals surface area (Å²) < 4.78 is 0.954. The Balaban J connectivity index is 3.47. The van der Waals surface area contributed by atoms with Gasteiger partial charge in [0, 0.05) is 10.1 Å². The van der Waals surface area contributed by atoms with Crippen molar-refractivity contribution >= 4 is 102 Å². The maximum Gasteiger partial charge on any atom is 0.254 e. The molecule has 0 saturated carbocycles. The second-order valence-corrected chi connectivity index (χ2v) is 8.17. The highest BCUT2D eigenvalue weighted by molar-refractivity contribution is 14.1. The summed E-state index contributed by atoms with van der Waals surface area (Å²) in [4.78, 5) is 35.8. The van der Waals surface area contributed by atoms with Crippen molar-refractivity contribution in [2.24, 2.45) is 0 Å². The largest absolute Gasteiger partial charge is 0.394 e. The van der Waals surface area contributed by atoms with Crippen molar-refractivity contribution in [3.05, 3.63) is 21.8 Å². The summed E-state index contributed by atoms with van der Waals surface area (Å²) in [5.74, 6) is -1.33. The fraction of sp³-hybridized carbons (Fsp3) is 0.308. The van der Waals surface area contributed by atoms with E-state index in [0.29, 0.717) is 7.14 Å². The summed E-state index contributed by atoms with van der Waals surface area (Å²) in [7, 11) is 0. The van der Waals surface area contributed by atoms with Gasteiger partial charge in [-0.2, -0.15) is 0 Å². The van der Waals surface area contributed by atoms with Gasteiger partial charge in [0.1, 0.15) is 6.61 Å². The van der Waals surface area contributed by atoms with Crippen LogP contribution in [-0.2, 0) is 4.79 Å². The zero-order valence-electron chi connectivity index (χ0n) is 12.3. The normalized spacial score (nSPS) is 11.8. The zero-order chi connectivity index (χ0) is 19.3. The first kappa shape index (κ1) is 23.2. The van der Waals surface area contributed by atoms with Crippen LogP contribution in [0.1, 0.15) is 20.7 Å². The van der Waals surface area contributed by atoms with Crippen molar-refractivity contribution in [2.45, 2.75) is 6.10 Å². The lowest BCUT2D eigenvalue weighted by atomic mass is 10.1. The fourth-order valence-corrected chi connectivity index (χ4v) is 6.61. The molecule has 2 amide bonds. The first-order valence-corrected chi connectivity index (χ1v) is 10.1. The predicted molar refractivity (Wildman–Crippen MR) is 116 cm³/mol. The highest BCUT2D eigenvalue weighted by Gasteiger charge is 2.28. The maximum absolute atomic E-state index is 12.5. The van der Waals surface area contributed by atoms with Crippen LogP contribution in [0.2, 0.25) is 0 Å². The second kappa shape index (κ2) is 10.5. The molecule has 1 rings (SSSR count). The molecule has 0 spiro atoms. The quantitative estimate of drug-likeness (QED) is 0.211. The van der Waals surface area contributed by atoms with Gasteiger partial charge in [-0.1, -0.05) is 0 Å². The monoisotopic (exact) mass is 708 g/mol. The second-order valence-electron chi connectivity index (χ2n) is 4.59. The van der Waals surface area contributed by atoms with Gasteiger partial charge in [0.15, 0.2) is 0 Å². The van der Waals surface area contributed by atoms with E-state index in [9.17, 15) is 19.5 Å². The van der Waals surface area contributed by atoms with Crippen LogP contribution >= 0.6 is 79.4 Å². The van der Waals surface area contributed by atoms with Crippen molar-refractivity contribution in [1.29, 1.82) is 0 Å². The van der Waals surface area contributed by atoms with Gasteiger partial charge >= 0.3 is 0 Å². The molecule has 5 N–H and O–H groups in total. The standard InChI is InChI=1S/C13H12ClI3N2O6/c14-12(24)6-8(15)7(13(25)18-1-4(22)2-20)10(17)11(9(6)16)19-5(23)3-21/h4,20-22H,1-3H2,(H,18,25)(H,19,23). The van der Waals surface area contributed by atoms with E-state index in [2.05, 4.69) is 10.6 Å². The van der Waals surface area contributed by atoms with Crippen molar-refractivity contribution in [3.63, 3.8) is 0 Å². The van der Waals surface area contributed by atoms with Gasteiger partial charge in [-0.3, -0.25) is 14.4 Å². The first-order chi connectivity index (χ1) is 11.6. The number of rotatable bonds is 7. The minimum absolute atomic E-state index is 0.0457. The van der Waals surface area contributed by atoms with Crippen LogP contribution in [0.25, 0.3) is 0 Å². The van der Waals surface area contributed by atoms with Gasteiger partial charge in [-0.15, -0.1) is 0 Å². The minimum Gasteiger partial charge on any atom is -0.394 e. The molecular weight excluding hydrogens is 696 g/mol. The smallest absolute Gasteiger partial charge is 0.254 e. The van der Waals surface area contributed by atoms with E-state index in [1.807, 2.05) is 45.2 Å². The maximum atomic E-state index is 12.5. The molecule has 1 atom stereocenters. The highest BCUT2D eigenvalue weighted by atomic mass is 127. The van der Waals surface area contributed by atoms with Crippen molar-refractivity contribution in [1.82, 2.24) is 5.32 Å². The van der Waals surface area contributed by atoms with E-state index < -0.39 is 36.4 Å². The Morgan fingerprint density at radius 3 is 2.08 bits per heavy atom. The lowest BCUT2D eigenvalue weighted by Crippen LogP contribution is -2.35. The lowest BCUT2D eigenvalue weighted by molar-refractivity contribution is -0.118. The van der Waals surface area contributed by atoms with Crippen LogP contribution in [0.5, 0.6) is 0 Å². The van der Waals surface area contributed by atoms with Crippen LogP contribution in [0.4, 0.5) is 5.69 Å². The number of hydrogen-bond acceptors (Lipinski definition) is 6. The summed E-state index contributed by atoms with van der Waals surface area (Å²) >= 11 is 11.1. The van der Waals surface area contributed by atoms with Gasteiger partial charge in [0.2, 0.25) is 5.91 Å². The molecule has 0 saturated heterocycles. The Kier molecular flexibility index (Phi) is 9.76. The molecule has 8 nitrogen and oxygen atoms in total. The van der Waals surface area contributed by atoms with Crippen LogP contribution in [0, 0.1) is 10.7 Å². The van der Waals surface area contributed by atoms with E-state index in [1.165, 1.54) is 0 Å². The molecule has 1 aromatic rings. The third-order valence-electron chi connectivity index (χ3n) is 2.86. The molecule has 0 aromatic heterocycles. The number of aliphatic hydroxyl groups is 3. The Bertz CT molecular complexity index is 716. The molecule has 0 fully saturated rings. The molecule has 1 aromatic carbocycles. The number of carbonyl (C=O) groups is 3. The molecule has 12 heteroatoms. The molecule has 0 bridgehead atoms. The number of carbonyl (C=O) groups excluding carboxylic acids is 3. The molecule has 25 heavy (non-hydrogen) atoms. The van der Waals surface area contributed by atoms with Gasteiger partial charge < -0.3 is 26.0 Å². The first-order valence-electron chi connectivity index (χ1n) is 6.53. The predicted octanol–water partition coefficient (Wildman–Crippen LogP) is 0.893. The number of amides is 2. The Morgan fingerprint density at radius 2 is 1.60 bits per heavy atom. The van der Waals surface area contributed by atoms with Crippen molar-refractivity contribution in [2.75, 3.05) is 25.1 Å². The number of hydrogen-bond donors (Lipinski definition) is 5. The molecule has 138 valence electrons. The third-order valence-corrected chi connectivity index (χ3v) is 6.28. The topological polar surface area (TPSA) is 136 Å². The molecule has 0 aliphatic heterocycles. The van der Waals surface area contributed by atoms with Crippen molar-refractivity contribution in [3.8, 4) is 0 Å². The Labute approximate surface area is 188 Å². The third kappa shape index (κ3) is 5.83. The van der Waals surface area contributed by atoms with E-state index in [1.54, 1.807) is 22.6 Å². The van der Waals surface area contributed by atoms with Crippen LogP contribution < -0.4 is 10.6 Å². The lowest BCUT2D eigenvalue weighted by Gasteiger charge is -2.18. The number of halogens is 4. The van der Waals surface area contributed by atoms with E-state index >= 15 is 0 Å². The van der Waals surface area contributed by atoms with Crippen LogP contribution in [0.3, 0.4) is 0 Å². The van der Waals surface area contributed by atoms with Crippen LogP contribution in [0.15, 0.2) is 0 Å². The molecule has 0 radical (unpaired) electrons. The van der Waals surface area contributed by atoms with Crippen LogP contribution in [-0.4, -0.2) is 58.2 Å². The summed E-state index contributed by atoms with van der Waals surface area (Å²) in [5.41, 5.74) is 0.311. The zero-order valence-corrected chi connectivity index (χ0v) is 19.5. The summed E-state index contributed by atoms with van der Waals surface area (Å²) in [6, 6.07) is 0. The summed E-state index contributed by atoms with van der Waals surface area (Å²) in [6.07, 6.45) is -1.13. The van der Waals surface area contributed by atoms with Gasteiger partial charge in [-0.25, -0.2) is 0 Å². The summed E-state index contributed by atoms with van der Waals surface area (Å²) in [5, 5.41) is 31.1. The van der Waals surface area contributed by atoms with E-state index in [4.69, 9.17) is 21.8 Å². The number of anilines is 1. The molecule has 0 aliphatic rings. The average molecular weight is 708 g/mol. The number of aliphatic hydroxyl groups excluding tert-OH is 3.